The van der Waals surface area contributed by atoms with Crippen molar-refractivity contribution in [3.63, 3.8) is 0 Å². The van der Waals surface area contributed by atoms with Crippen LogP contribution in [0.15, 0.2) is 11.6 Å². The van der Waals surface area contributed by atoms with Crippen LogP contribution in [0.25, 0.3) is 0 Å². The fourth-order valence-electron chi connectivity index (χ4n) is 8.84. The van der Waals surface area contributed by atoms with Crippen LogP contribution in [0.2, 0.25) is 0 Å². The van der Waals surface area contributed by atoms with E-state index in [4.69, 9.17) is 0 Å². The third-order valence-electron chi connectivity index (χ3n) is 10.6. The van der Waals surface area contributed by atoms with Gasteiger partial charge in [-0.3, -0.25) is 0 Å². The molecule has 0 N–H and O–H groups in total. The van der Waals surface area contributed by atoms with Crippen LogP contribution in [0.1, 0.15) is 118 Å². The smallest absolute Gasteiger partial charge is 0.130 e. The molecule has 170 valence electrons. The number of ketones is 1. The van der Waals surface area contributed by atoms with E-state index in [1.165, 1.54) is 77.0 Å². The van der Waals surface area contributed by atoms with Gasteiger partial charge in [0.2, 0.25) is 0 Å². The number of hydrogen-bond acceptors (Lipinski definition) is 1. The molecule has 7 atom stereocenters. The topological polar surface area (TPSA) is 17.1 Å². The average molecular weight is 413 g/mol. The summed E-state index contributed by atoms with van der Waals surface area (Å²) in [4.78, 5) is 11.7. The van der Waals surface area contributed by atoms with Gasteiger partial charge in [-0.25, -0.2) is 0 Å². The van der Waals surface area contributed by atoms with Crippen molar-refractivity contribution in [2.45, 2.75) is 118 Å². The Hall–Kier alpha value is -0.590. The lowest BCUT2D eigenvalue weighted by molar-refractivity contribution is -0.118. The number of fused-ring (bicyclic) bond motifs is 5. The van der Waals surface area contributed by atoms with Gasteiger partial charge in [-0.05, 0) is 111 Å². The molecule has 0 aromatic heterocycles. The predicted octanol–water partition coefficient (Wildman–Crippen LogP) is 8.38. The molecule has 4 aliphatic rings. The van der Waals surface area contributed by atoms with Gasteiger partial charge in [-0.2, -0.15) is 0 Å². The maximum atomic E-state index is 11.7. The Kier molecular flexibility index (Phi) is 6.59. The third-order valence-corrected chi connectivity index (χ3v) is 10.6. The Morgan fingerprint density at radius 2 is 1.87 bits per heavy atom. The number of carbonyl (C=O) groups excluding carboxylic acids is 1. The number of allylic oxidation sites excluding steroid dienone is 2. The molecule has 0 aromatic rings. The summed E-state index contributed by atoms with van der Waals surface area (Å²) in [5.41, 5.74) is 2.80. The van der Waals surface area contributed by atoms with Gasteiger partial charge in [0.1, 0.15) is 5.78 Å². The molecule has 0 amide bonds. The van der Waals surface area contributed by atoms with Gasteiger partial charge in [0.25, 0.3) is 0 Å². The second-order valence-corrected chi connectivity index (χ2v) is 12.8. The van der Waals surface area contributed by atoms with Crippen molar-refractivity contribution in [2.75, 3.05) is 0 Å². The molecular formula is C29H48O. The van der Waals surface area contributed by atoms with Gasteiger partial charge in [0.15, 0.2) is 0 Å². The van der Waals surface area contributed by atoms with Gasteiger partial charge < -0.3 is 4.79 Å². The molecule has 0 saturated heterocycles. The van der Waals surface area contributed by atoms with Crippen LogP contribution in [0.3, 0.4) is 0 Å². The Morgan fingerprint density at radius 3 is 2.60 bits per heavy atom. The van der Waals surface area contributed by atoms with Gasteiger partial charge in [-0.1, -0.05) is 58.6 Å². The Bertz CT molecular complexity index is 659. The second kappa shape index (κ2) is 8.74. The summed E-state index contributed by atoms with van der Waals surface area (Å²) >= 11 is 0. The molecule has 0 heterocycles. The number of hydrogen-bond donors (Lipinski definition) is 0. The predicted molar refractivity (Wildman–Crippen MR) is 127 cm³/mol. The van der Waals surface area contributed by atoms with E-state index < -0.39 is 0 Å². The zero-order chi connectivity index (χ0) is 21.5. The number of unbranched alkanes of at least 4 members (excludes halogenated alkanes) is 1. The first-order valence-corrected chi connectivity index (χ1v) is 13.4. The highest BCUT2D eigenvalue weighted by Crippen LogP contribution is 2.67. The van der Waals surface area contributed by atoms with Crippen molar-refractivity contribution in [3.8, 4) is 0 Å². The van der Waals surface area contributed by atoms with E-state index in [0.29, 0.717) is 22.5 Å². The Balaban J connectivity index is 1.44. The van der Waals surface area contributed by atoms with Gasteiger partial charge in [0.05, 0.1) is 0 Å². The summed E-state index contributed by atoms with van der Waals surface area (Å²) in [5.74, 6) is 5.67. The summed E-state index contributed by atoms with van der Waals surface area (Å²) in [6.07, 6.45) is 20.4. The van der Waals surface area contributed by atoms with Crippen LogP contribution in [0.5, 0.6) is 0 Å². The summed E-state index contributed by atoms with van der Waals surface area (Å²) < 4.78 is 0. The Labute approximate surface area is 186 Å². The quantitative estimate of drug-likeness (QED) is 0.303. The molecule has 1 nitrogen and oxygen atoms in total. The maximum Gasteiger partial charge on any atom is 0.130 e. The molecule has 4 aliphatic carbocycles. The van der Waals surface area contributed by atoms with E-state index in [1.807, 2.05) is 0 Å². The lowest BCUT2D eigenvalue weighted by atomic mass is 9.46. The van der Waals surface area contributed by atoms with Crippen LogP contribution < -0.4 is 0 Å². The molecule has 0 spiro atoms. The number of carbonyl (C=O) groups is 1. The molecule has 4 unspecified atom stereocenters. The van der Waals surface area contributed by atoms with Crippen molar-refractivity contribution in [1.82, 2.24) is 0 Å². The first-order chi connectivity index (χ1) is 14.2. The van der Waals surface area contributed by atoms with E-state index in [0.717, 1.165) is 36.0 Å². The summed E-state index contributed by atoms with van der Waals surface area (Å²) in [6.45, 7) is 11.8. The monoisotopic (exact) mass is 412 g/mol. The van der Waals surface area contributed by atoms with E-state index in [-0.39, 0.29) is 0 Å². The summed E-state index contributed by atoms with van der Waals surface area (Å²) in [6, 6.07) is 0. The second-order valence-electron chi connectivity index (χ2n) is 12.8. The van der Waals surface area contributed by atoms with Gasteiger partial charge >= 0.3 is 0 Å². The lowest BCUT2D eigenvalue weighted by Crippen LogP contribution is -2.50. The standard InChI is InChI=1S/C29H48O/c1-20(2)8-6-7-9-23-11-13-26-25-12-10-24-19-22(18-21(3)30)14-16-29(24,5)27(25)15-17-28(23,26)4/h10,20,22-23,25-27H,6-9,11-19H2,1-5H3/t22-,23?,25?,26?,27?,28-,29+/m1/s1. The molecule has 3 saturated carbocycles. The largest absolute Gasteiger partial charge is 0.300 e. The molecular weight excluding hydrogens is 364 g/mol. The zero-order valence-corrected chi connectivity index (χ0v) is 20.6. The fraction of sp³-hybridized carbons (Fsp3) is 0.897. The minimum absolute atomic E-state index is 0.386. The highest BCUT2D eigenvalue weighted by molar-refractivity contribution is 5.75. The van der Waals surface area contributed by atoms with Crippen LogP contribution in [-0.4, -0.2) is 5.78 Å². The molecule has 4 rings (SSSR count). The first-order valence-electron chi connectivity index (χ1n) is 13.4. The van der Waals surface area contributed by atoms with E-state index in [9.17, 15) is 4.79 Å². The Morgan fingerprint density at radius 1 is 1.07 bits per heavy atom. The van der Waals surface area contributed by atoms with Crippen LogP contribution >= 0.6 is 0 Å². The summed E-state index contributed by atoms with van der Waals surface area (Å²) in [7, 11) is 0. The van der Waals surface area contributed by atoms with Crippen molar-refractivity contribution in [2.24, 2.45) is 46.3 Å². The number of Topliss-reactive ketones (excluding diaryl/α,β-unsaturated/α-hetero) is 1. The van der Waals surface area contributed by atoms with Crippen LogP contribution in [0.4, 0.5) is 0 Å². The van der Waals surface area contributed by atoms with E-state index in [2.05, 4.69) is 33.8 Å². The number of rotatable bonds is 7. The maximum absolute atomic E-state index is 11.7. The van der Waals surface area contributed by atoms with E-state index >= 15 is 0 Å². The van der Waals surface area contributed by atoms with Crippen molar-refractivity contribution in [3.05, 3.63) is 11.6 Å². The lowest BCUT2D eigenvalue weighted by Gasteiger charge is -2.58. The molecule has 0 bridgehead atoms. The van der Waals surface area contributed by atoms with Crippen molar-refractivity contribution in [1.29, 1.82) is 0 Å². The van der Waals surface area contributed by atoms with Crippen molar-refractivity contribution < 1.29 is 4.79 Å². The SMILES string of the molecule is CC(=O)C[C@H]1CC[C@@]2(C)C(=CCC3C4CCC(CCCCC(C)C)[C@@]4(C)CCC32)C1. The minimum atomic E-state index is 0.386. The first kappa shape index (κ1) is 22.6. The van der Waals surface area contributed by atoms with Gasteiger partial charge in [-0.15, -0.1) is 0 Å². The molecule has 30 heavy (non-hydrogen) atoms. The molecule has 0 aromatic carbocycles. The normalized spacial score (nSPS) is 43.0. The average Bonchev–Trinajstić information content (AvgIpc) is 3.01. The highest BCUT2D eigenvalue weighted by Gasteiger charge is 2.58. The zero-order valence-electron chi connectivity index (χ0n) is 20.6. The minimum Gasteiger partial charge on any atom is -0.300 e. The molecule has 3 fully saturated rings. The molecule has 0 aliphatic heterocycles. The van der Waals surface area contributed by atoms with Crippen LogP contribution in [0, 0.1) is 46.3 Å². The fourth-order valence-corrected chi connectivity index (χ4v) is 8.84. The summed E-state index contributed by atoms with van der Waals surface area (Å²) in [5, 5.41) is 0. The van der Waals surface area contributed by atoms with Crippen LogP contribution in [-0.2, 0) is 4.79 Å². The highest BCUT2D eigenvalue weighted by atomic mass is 16.1. The molecule has 1 heteroatoms. The third kappa shape index (κ3) is 4.09. The van der Waals surface area contributed by atoms with E-state index in [1.54, 1.807) is 12.5 Å². The van der Waals surface area contributed by atoms with Gasteiger partial charge in [0, 0.05) is 6.42 Å². The van der Waals surface area contributed by atoms with Crippen molar-refractivity contribution >= 4 is 5.78 Å². The molecule has 0 radical (unpaired) electrons.